The minimum atomic E-state index is -0.887. The molecule has 38 heavy (non-hydrogen) atoms. The summed E-state index contributed by atoms with van der Waals surface area (Å²) in [4.78, 5) is 12.2. The van der Waals surface area contributed by atoms with E-state index in [1.807, 2.05) is 54.2 Å². The van der Waals surface area contributed by atoms with Gasteiger partial charge in [0, 0.05) is 24.0 Å². The van der Waals surface area contributed by atoms with Crippen molar-refractivity contribution >= 4 is 10.8 Å². The van der Waals surface area contributed by atoms with Gasteiger partial charge in [-0.05, 0) is 78.5 Å². The summed E-state index contributed by atoms with van der Waals surface area (Å²) in [6.45, 7) is 2.15. The molecule has 8 heteroatoms. The molecule has 2 unspecified atom stereocenters. The van der Waals surface area contributed by atoms with Crippen LogP contribution in [0.4, 0.5) is 4.39 Å². The number of nitrogens with zero attached hydrogens (tertiary/aromatic N) is 4. The standard InChI is InChI=1S/C30H31FN4O3/c1-30-12-11-21-19-10-8-18(13-16(19)7-9-22(21)23(30)14-24(36)26(30)37)38-29-33-27(32-28(31)34-29)25-20-6-4-3-5-17(20)15-35(25)2/h3-6,8,10,13,15,21-24,26,36-37H,7,9,11-12,14H2,1-2H3/t21?,22-,23?,24+,26+,30+/m1/s1. The Morgan fingerprint density at radius 2 is 1.92 bits per heavy atom. The number of hydrogen-bond acceptors (Lipinski definition) is 6. The molecule has 0 aliphatic heterocycles. The van der Waals surface area contributed by atoms with Gasteiger partial charge in [-0.1, -0.05) is 37.3 Å². The molecule has 0 saturated heterocycles. The summed E-state index contributed by atoms with van der Waals surface area (Å²) in [6.07, 6.45) is 4.33. The molecule has 0 spiro atoms. The molecule has 2 N–H and O–H groups in total. The lowest BCUT2D eigenvalue weighted by atomic mass is 9.55. The third-order valence-corrected chi connectivity index (χ3v) is 9.58. The van der Waals surface area contributed by atoms with Crippen LogP contribution in [-0.4, -0.2) is 41.9 Å². The van der Waals surface area contributed by atoms with E-state index in [1.165, 1.54) is 11.1 Å². The summed E-state index contributed by atoms with van der Waals surface area (Å²) < 4.78 is 22.4. The fourth-order valence-electron chi connectivity index (χ4n) is 7.77. The number of fused-ring (bicyclic) bond motifs is 6. The first kappa shape index (κ1) is 23.7. The highest BCUT2D eigenvalue weighted by atomic mass is 19.1. The van der Waals surface area contributed by atoms with Gasteiger partial charge >= 0.3 is 12.1 Å². The first-order chi connectivity index (χ1) is 18.3. The molecule has 0 amide bonds. The highest BCUT2D eigenvalue weighted by Crippen LogP contribution is 2.61. The van der Waals surface area contributed by atoms with Crippen molar-refractivity contribution in [1.82, 2.24) is 19.5 Å². The zero-order valence-corrected chi connectivity index (χ0v) is 21.5. The average molecular weight is 515 g/mol. The molecule has 6 atom stereocenters. The Hall–Kier alpha value is -3.36. The highest BCUT2D eigenvalue weighted by Gasteiger charge is 2.57. The Morgan fingerprint density at radius 3 is 2.79 bits per heavy atom. The van der Waals surface area contributed by atoms with E-state index < -0.39 is 18.3 Å². The van der Waals surface area contributed by atoms with Crippen LogP contribution in [0.25, 0.3) is 22.3 Å². The third-order valence-electron chi connectivity index (χ3n) is 9.58. The number of aliphatic hydroxyl groups is 2. The fourth-order valence-corrected chi connectivity index (χ4v) is 7.77. The normalized spacial score (nSPS) is 30.1. The summed E-state index contributed by atoms with van der Waals surface area (Å²) >= 11 is 0. The minimum Gasteiger partial charge on any atom is -0.424 e. The van der Waals surface area contributed by atoms with Gasteiger partial charge in [-0.2, -0.15) is 14.4 Å². The summed E-state index contributed by atoms with van der Waals surface area (Å²) in [5, 5.41) is 23.0. The molecule has 2 heterocycles. The maximum atomic E-state index is 14.5. The molecule has 2 aromatic heterocycles. The molecule has 2 saturated carbocycles. The van der Waals surface area contributed by atoms with Gasteiger partial charge in [0.15, 0.2) is 5.82 Å². The Kier molecular flexibility index (Phi) is 5.36. The predicted octanol–water partition coefficient (Wildman–Crippen LogP) is 5.15. The van der Waals surface area contributed by atoms with Crippen molar-refractivity contribution in [2.24, 2.45) is 24.3 Å². The van der Waals surface area contributed by atoms with Crippen LogP contribution in [0.1, 0.15) is 49.7 Å². The van der Waals surface area contributed by atoms with E-state index in [9.17, 15) is 14.6 Å². The molecule has 7 nitrogen and oxygen atoms in total. The van der Waals surface area contributed by atoms with Crippen LogP contribution in [0.3, 0.4) is 0 Å². The summed E-state index contributed by atoms with van der Waals surface area (Å²) in [5.74, 6) is 2.00. The van der Waals surface area contributed by atoms with Crippen molar-refractivity contribution in [3.8, 4) is 23.3 Å². The van der Waals surface area contributed by atoms with E-state index in [0.717, 1.165) is 36.5 Å². The van der Waals surface area contributed by atoms with E-state index in [2.05, 4.69) is 27.9 Å². The molecule has 4 aromatic rings. The van der Waals surface area contributed by atoms with Crippen molar-refractivity contribution < 1.29 is 19.3 Å². The molecular weight excluding hydrogens is 483 g/mol. The first-order valence-corrected chi connectivity index (χ1v) is 13.4. The largest absolute Gasteiger partial charge is 0.424 e. The van der Waals surface area contributed by atoms with Gasteiger partial charge in [-0.15, -0.1) is 4.98 Å². The molecule has 3 aliphatic carbocycles. The second-order valence-electron chi connectivity index (χ2n) is 11.6. The van der Waals surface area contributed by atoms with Gasteiger partial charge in [-0.3, -0.25) is 0 Å². The van der Waals surface area contributed by atoms with Crippen molar-refractivity contribution in [1.29, 1.82) is 0 Å². The Bertz CT molecular complexity index is 1550. The number of halogens is 1. The quantitative estimate of drug-likeness (QED) is 0.393. The Morgan fingerprint density at radius 1 is 1.08 bits per heavy atom. The van der Waals surface area contributed by atoms with Gasteiger partial charge in [0.05, 0.1) is 17.9 Å². The van der Waals surface area contributed by atoms with E-state index in [-0.39, 0.29) is 17.2 Å². The lowest BCUT2D eigenvalue weighted by Gasteiger charge is -2.49. The lowest BCUT2D eigenvalue weighted by Crippen LogP contribution is -2.44. The zero-order valence-electron chi connectivity index (χ0n) is 21.5. The summed E-state index contributed by atoms with van der Waals surface area (Å²) in [7, 11) is 1.88. The molecular formula is C30H31FN4O3. The molecule has 2 aromatic carbocycles. The Labute approximate surface area is 220 Å². The van der Waals surface area contributed by atoms with Gasteiger partial charge in [-0.25, -0.2) is 0 Å². The van der Waals surface area contributed by atoms with Crippen molar-refractivity contribution in [3.05, 3.63) is 65.9 Å². The molecule has 0 bridgehead atoms. The first-order valence-electron chi connectivity index (χ1n) is 13.4. The monoisotopic (exact) mass is 514 g/mol. The topological polar surface area (TPSA) is 93.3 Å². The van der Waals surface area contributed by atoms with Crippen LogP contribution in [0.2, 0.25) is 0 Å². The Balaban J connectivity index is 1.17. The van der Waals surface area contributed by atoms with Crippen LogP contribution >= 0.6 is 0 Å². The smallest absolute Gasteiger partial charge is 0.328 e. The third kappa shape index (κ3) is 3.57. The van der Waals surface area contributed by atoms with E-state index >= 15 is 0 Å². The molecule has 7 rings (SSSR count). The van der Waals surface area contributed by atoms with Crippen LogP contribution in [0, 0.1) is 23.3 Å². The van der Waals surface area contributed by atoms with Crippen molar-refractivity contribution in [2.75, 3.05) is 0 Å². The number of rotatable bonds is 3. The molecule has 3 aliphatic rings. The summed E-state index contributed by atoms with van der Waals surface area (Å²) in [6, 6.07) is 13.8. The zero-order chi connectivity index (χ0) is 26.2. The highest BCUT2D eigenvalue weighted by molar-refractivity contribution is 5.94. The van der Waals surface area contributed by atoms with Crippen LogP contribution in [0.5, 0.6) is 11.8 Å². The number of aryl methyl sites for hydroxylation is 2. The predicted molar refractivity (Wildman–Crippen MR) is 140 cm³/mol. The van der Waals surface area contributed by atoms with Crippen LogP contribution < -0.4 is 4.74 Å². The van der Waals surface area contributed by atoms with Crippen LogP contribution in [0.15, 0.2) is 48.7 Å². The lowest BCUT2D eigenvalue weighted by molar-refractivity contribution is -0.0505. The number of hydrogen-bond donors (Lipinski definition) is 2. The molecule has 196 valence electrons. The second kappa shape index (κ2) is 8.58. The number of ether oxygens (including phenoxy) is 1. The van der Waals surface area contributed by atoms with E-state index in [4.69, 9.17) is 4.74 Å². The SMILES string of the molecule is Cn1cc2ccccc2c1-c1nc(F)nc(Oc2ccc3c(c2)CC[C@@H]2C3CC[C@@]3(C)C2C[C@H](O)[C@@H]3O)n1. The van der Waals surface area contributed by atoms with Crippen LogP contribution in [-0.2, 0) is 13.5 Å². The van der Waals surface area contributed by atoms with Gasteiger partial charge < -0.3 is 19.5 Å². The second-order valence-corrected chi connectivity index (χ2v) is 11.6. The van der Waals surface area contributed by atoms with Gasteiger partial charge in [0.1, 0.15) is 5.75 Å². The number of benzene rings is 2. The maximum absolute atomic E-state index is 14.5. The molecule has 2 fully saturated rings. The van der Waals surface area contributed by atoms with Gasteiger partial charge in [0.25, 0.3) is 0 Å². The summed E-state index contributed by atoms with van der Waals surface area (Å²) in [5.41, 5.74) is 3.05. The minimum absolute atomic E-state index is 0.0752. The maximum Gasteiger partial charge on any atom is 0.328 e. The van der Waals surface area contributed by atoms with Gasteiger partial charge in [0.2, 0.25) is 0 Å². The number of aromatic nitrogens is 4. The number of aliphatic hydroxyl groups excluding tert-OH is 2. The van der Waals surface area contributed by atoms with E-state index in [0.29, 0.717) is 35.6 Å². The molecule has 0 radical (unpaired) electrons. The average Bonchev–Trinajstić information content (AvgIpc) is 3.35. The fraction of sp³-hybridized carbons (Fsp3) is 0.433. The van der Waals surface area contributed by atoms with Crippen molar-refractivity contribution in [2.45, 2.75) is 57.2 Å². The van der Waals surface area contributed by atoms with E-state index in [1.54, 1.807) is 0 Å². The van der Waals surface area contributed by atoms with Crippen molar-refractivity contribution in [3.63, 3.8) is 0 Å².